The Labute approximate surface area is 93.2 Å². The molecule has 3 heteroatoms. The summed E-state index contributed by atoms with van der Waals surface area (Å²) in [5.41, 5.74) is 5.16. The summed E-state index contributed by atoms with van der Waals surface area (Å²) in [6.07, 6.45) is 4.87. The maximum absolute atomic E-state index is 8.87. The van der Waals surface area contributed by atoms with Crippen LogP contribution in [0.1, 0.15) is 39.5 Å². The first-order valence-electron chi connectivity index (χ1n) is 5.85. The molecule has 0 aromatic carbocycles. The molecule has 2 unspecified atom stereocenters. The zero-order valence-electron chi connectivity index (χ0n) is 10.2. The molecule has 15 heavy (non-hydrogen) atoms. The first-order valence-corrected chi connectivity index (χ1v) is 5.85. The quantitative estimate of drug-likeness (QED) is 0.750. The maximum atomic E-state index is 8.87. The van der Waals surface area contributed by atoms with Crippen molar-refractivity contribution in [3.05, 3.63) is 0 Å². The Balaban J connectivity index is 2.32. The molecule has 1 rings (SSSR count). The van der Waals surface area contributed by atoms with Gasteiger partial charge in [-0.05, 0) is 46.1 Å². The molecule has 1 saturated carbocycles. The molecule has 0 spiro atoms. The molecule has 1 aliphatic carbocycles. The van der Waals surface area contributed by atoms with Crippen molar-refractivity contribution in [3.8, 4) is 6.07 Å². The van der Waals surface area contributed by atoms with Gasteiger partial charge in [0.05, 0.1) is 6.07 Å². The molecule has 0 bridgehead atoms. The summed E-state index contributed by atoms with van der Waals surface area (Å²) in [7, 11) is 2.14. The summed E-state index contributed by atoms with van der Waals surface area (Å²) >= 11 is 0. The van der Waals surface area contributed by atoms with Crippen LogP contribution in [0.4, 0.5) is 0 Å². The summed E-state index contributed by atoms with van der Waals surface area (Å²) in [6.45, 7) is 5.12. The van der Waals surface area contributed by atoms with Gasteiger partial charge in [-0.1, -0.05) is 6.42 Å². The number of rotatable bonds is 5. The zero-order valence-corrected chi connectivity index (χ0v) is 10.2. The van der Waals surface area contributed by atoms with Gasteiger partial charge in [0.15, 0.2) is 0 Å². The van der Waals surface area contributed by atoms with Gasteiger partial charge in [-0.2, -0.15) is 5.26 Å². The van der Waals surface area contributed by atoms with E-state index in [9.17, 15) is 0 Å². The van der Waals surface area contributed by atoms with Gasteiger partial charge < -0.3 is 10.6 Å². The maximum Gasteiger partial charge on any atom is 0.102 e. The van der Waals surface area contributed by atoms with E-state index in [0.717, 1.165) is 18.9 Å². The van der Waals surface area contributed by atoms with E-state index in [1.807, 2.05) is 0 Å². The van der Waals surface area contributed by atoms with E-state index in [2.05, 4.69) is 24.9 Å². The van der Waals surface area contributed by atoms with Crippen LogP contribution in [0.5, 0.6) is 0 Å². The highest BCUT2D eigenvalue weighted by molar-refractivity contribution is 5.02. The molecule has 2 N–H and O–H groups in total. The Morgan fingerprint density at radius 2 is 2.20 bits per heavy atom. The molecule has 2 atom stereocenters. The Kier molecular flexibility index (Phi) is 4.12. The van der Waals surface area contributed by atoms with Crippen LogP contribution >= 0.6 is 0 Å². The normalized spacial score (nSPS) is 22.9. The third-order valence-corrected chi connectivity index (χ3v) is 3.50. The van der Waals surface area contributed by atoms with Gasteiger partial charge in [0.1, 0.15) is 5.54 Å². The minimum Gasteiger partial charge on any atom is -0.314 e. The number of nitriles is 1. The van der Waals surface area contributed by atoms with Crippen molar-refractivity contribution < 1.29 is 0 Å². The van der Waals surface area contributed by atoms with Crippen LogP contribution in [-0.4, -0.2) is 30.1 Å². The van der Waals surface area contributed by atoms with Crippen LogP contribution in [0.25, 0.3) is 0 Å². The molecular weight excluding hydrogens is 186 g/mol. The summed E-state index contributed by atoms with van der Waals surface area (Å²) in [4.78, 5) is 2.34. The lowest BCUT2D eigenvalue weighted by Crippen LogP contribution is -2.44. The average Bonchev–Trinajstić information content (AvgIpc) is 2.10. The summed E-state index contributed by atoms with van der Waals surface area (Å²) in [5.74, 6) is 0.878. The standard InChI is InChI=1S/C12H23N3/c1-10(7-12(2,14)9-13)15(3)8-11-5-4-6-11/h10-11H,4-8,14H2,1-3H3. The molecule has 0 aromatic heterocycles. The SMILES string of the molecule is CC(CC(C)(N)C#N)N(C)CC1CCC1. The molecule has 0 amide bonds. The minimum atomic E-state index is -0.687. The number of nitrogens with two attached hydrogens (primary N) is 1. The molecule has 0 heterocycles. The topological polar surface area (TPSA) is 53.1 Å². The molecule has 3 nitrogen and oxygen atoms in total. The first-order chi connectivity index (χ1) is 6.94. The van der Waals surface area contributed by atoms with Crippen molar-refractivity contribution in [1.29, 1.82) is 5.26 Å². The van der Waals surface area contributed by atoms with Gasteiger partial charge >= 0.3 is 0 Å². The lowest BCUT2D eigenvalue weighted by atomic mass is 9.84. The highest BCUT2D eigenvalue weighted by Crippen LogP contribution is 2.27. The monoisotopic (exact) mass is 209 g/mol. The molecule has 1 aliphatic rings. The lowest BCUT2D eigenvalue weighted by Gasteiger charge is -2.35. The van der Waals surface area contributed by atoms with Crippen molar-refractivity contribution in [2.45, 2.75) is 51.1 Å². The van der Waals surface area contributed by atoms with Crippen LogP contribution < -0.4 is 5.73 Å². The Bertz CT molecular complexity index is 238. The fourth-order valence-electron chi connectivity index (χ4n) is 2.08. The lowest BCUT2D eigenvalue weighted by molar-refractivity contribution is 0.155. The van der Waals surface area contributed by atoms with E-state index in [-0.39, 0.29) is 0 Å². The van der Waals surface area contributed by atoms with Crippen LogP contribution in [0.2, 0.25) is 0 Å². The fraction of sp³-hybridized carbons (Fsp3) is 0.917. The Hall–Kier alpha value is -0.590. The van der Waals surface area contributed by atoms with Gasteiger partial charge in [-0.3, -0.25) is 0 Å². The van der Waals surface area contributed by atoms with Crippen molar-refractivity contribution in [2.24, 2.45) is 11.7 Å². The first kappa shape index (κ1) is 12.5. The summed E-state index contributed by atoms with van der Waals surface area (Å²) in [5, 5.41) is 8.87. The highest BCUT2D eigenvalue weighted by atomic mass is 15.1. The zero-order chi connectivity index (χ0) is 11.5. The predicted molar refractivity (Wildman–Crippen MR) is 62.3 cm³/mol. The number of hydrogen-bond donors (Lipinski definition) is 1. The van der Waals surface area contributed by atoms with Crippen molar-refractivity contribution >= 4 is 0 Å². The number of nitrogens with zero attached hydrogens (tertiary/aromatic N) is 2. The third kappa shape index (κ3) is 3.81. The molecule has 0 aliphatic heterocycles. The molecule has 1 fully saturated rings. The Morgan fingerprint density at radius 1 is 1.60 bits per heavy atom. The molecule has 0 aromatic rings. The van der Waals surface area contributed by atoms with E-state index in [4.69, 9.17) is 11.0 Å². The molecule has 86 valence electrons. The average molecular weight is 209 g/mol. The molecular formula is C12H23N3. The predicted octanol–water partition coefficient (Wildman–Crippen LogP) is 1.74. The van der Waals surface area contributed by atoms with E-state index in [0.29, 0.717) is 6.04 Å². The smallest absolute Gasteiger partial charge is 0.102 e. The summed E-state index contributed by atoms with van der Waals surface area (Å²) < 4.78 is 0. The van der Waals surface area contributed by atoms with Crippen molar-refractivity contribution in [2.75, 3.05) is 13.6 Å². The Morgan fingerprint density at radius 3 is 2.60 bits per heavy atom. The summed E-state index contributed by atoms with van der Waals surface area (Å²) in [6, 6.07) is 2.55. The van der Waals surface area contributed by atoms with Gasteiger partial charge in [0, 0.05) is 12.6 Å². The molecule has 0 radical (unpaired) electrons. The van der Waals surface area contributed by atoms with Crippen molar-refractivity contribution in [3.63, 3.8) is 0 Å². The van der Waals surface area contributed by atoms with E-state index < -0.39 is 5.54 Å². The highest BCUT2D eigenvalue weighted by Gasteiger charge is 2.26. The second-order valence-electron chi connectivity index (χ2n) is 5.32. The number of hydrogen-bond acceptors (Lipinski definition) is 3. The second kappa shape index (κ2) is 4.96. The van der Waals surface area contributed by atoms with Crippen LogP contribution in [-0.2, 0) is 0 Å². The van der Waals surface area contributed by atoms with Crippen LogP contribution in [0.3, 0.4) is 0 Å². The van der Waals surface area contributed by atoms with Gasteiger partial charge in [-0.15, -0.1) is 0 Å². The largest absolute Gasteiger partial charge is 0.314 e. The second-order valence-corrected chi connectivity index (χ2v) is 5.32. The third-order valence-electron chi connectivity index (χ3n) is 3.50. The van der Waals surface area contributed by atoms with Gasteiger partial charge in [-0.25, -0.2) is 0 Å². The fourth-order valence-corrected chi connectivity index (χ4v) is 2.08. The van der Waals surface area contributed by atoms with E-state index in [1.54, 1.807) is 6.92 Å². The van der Waals surface area contributed by atoms with Gasteiger partial charge in [0.25, 0.3) is 0 Å². The van der Waals surface area contributed by atoms with Crippen LogP contribution in [0, 0.1) is 17.2 Å². The minimum absolute atomic E-state index is 0.389. The molecule has 0 saturated heterocycles. The van der Waals surface area contributed by atoms with Crippen LogP contribution in [0.15, 0.2) is 0 Å². The van der Waals surface area contributed by atoms with Gasteiger partial charge in [0.2, 0.25) is 0 Å². The van der Waals surface area contributed by atoms with Crippen molar-refractivity contribution in [1.82, 2.24) is 4.90 Å². The van der Waals surface area contributed by atoms with E-state index in [1.165, 1.54) is 19.3 Å². The van der Waals surface area contributed by atoms with E-state index >= 15 is 0 Å².